The van der Waals surface area contributed by atoms with Gasteiger partial charge in [0.05, 0.1) is 19.0 Å². The minimum Gasteiger partial charge on any atom is -0.366 e. The lowest BCUT2D eigenvalue weighted by molar-refractivity contribution is -0.0346. The average molecular weight is 293 g/mol. The van der Waals surface area contributed by atoms with Gasteiger partial charge in [-0.15, -0.1) is 6.42 Å². The number of nitrogens with zero attached hydrogens (tertiary/aromatic N) is 4. The van der Waals surface area contributed by atoms with Crippen LogP contribution >= 0.6 is 11.6 Å². The quantitative estimate of drug-likeness (QED) is 0.488. The average Bonchev–Trinajstić information content (AvgIpc) is 3.06. The Morgan fingerprint density at radius 2 is 2.35 bits per heavy atom. The van der Waals surface area contributed by atoms with Crippen molar-refractivity contribution < 1.29 is 9.47 Å². The first-order valence-corrected chi connectivity index (χ1v) is 6.67. The predicted molar refractivity (Wildman–Crippen MR) is 73.1 cm³/mol. The second-order valence-corrected chi connectivity index (χ2v) is 4.86. The van der Waals surface area contributed by atoms with Crippen molar-refractivity contribution in [3.8, 4) is 12.3 Å². The maximum Gasteiger partial charge on any atom is 0.166 e. The fourth-order valence-corrected chi connectivity index (χ4v) is 2.47. The third kappa shape index (κ3) is 2.48. The molecule has 1 aliphatic heterocycles. The molecule has 1 aliphatic rings. The maximum atomic E-state index is 5.98. The summed E-state index contributed by atoms with van der Waals surface area (Å²) >= 11 is 5.98. The standard InChI is InChI=1S/C13H13ClN4O2/c1-2-5-19-6-9-3-4-10(20-9)18-8-17-11-12(14)15-7-16-13(11)18/h1,7-10H,3-6H2. The summed E-state index contributed by atoms with van der Waals surface area (Å²) in [7, 11) is 0. The van der Waals surface area contributed by atoms with Crippen molar-refractivity contribution >= 4 is 22.8 Å². The van der Waals surface area contributed by atoms with Gasteiger partial charge in [0.15, 0.2) is 10.8 Å². The van der Waals surface area contributed by atoms with Crippen molar-refractivity contribution in [1.29, 1.82) is 0 Å². The van der Waals surface area contributed by atoms with Crippen LogP contribution in [0, 0.1) is 12.3 Å². The maximum absolute atomic E-state index is 5.98. The van der Waals surface area contributed by atoms with E-state index in [9.17, 15) is 0 Å². The molecule has 3 heterocycles. The molecule has 20 heavy (non-hydrogen) atoms. The molecule has 2 unspecified atom stereocenters. The monoisotopic (exact) mass is 292 g/mol. The highest BCUT2D eigenvalue weighted by atomic mass is 35.5. The number of terminal acetylenes is 1. The van der Waals surface area contributed by atoms with Crippen LogP contribution in [0.4, 0.5) is 0 Å². The van der Waals surface area contributed by atoms with Gasteiger partial charge >= 0.3 is 0 Å². The van der Waals surface area contributed by atoms with Gasteiger partial charge in [0, 0.05) is 0 Å². The normalized spacial score (nSPS) is 22.2. The number of ether oxygens (including phenoxy) is 2. The Hall–Kier alpha value is -1.68. The minimum absolute atomic E-state index is 0.0445. The van der Waals surface area contributed by atoms with Crippen LogP contribution < -0.4 is 0 Å². The Kier molecular flexibility index (Phi) is 3.83. The lowest BCUT2D eigenvalue weighted by atomic mass is 10.2. The third-order valence-corrected chi connectivity index (χ3v) is 3.48. The summed E-state index contributed by atoms with van der Waals surface area (Å²) in [4.78, 5) is 12.4. The molecule has 0 aromatic carbocycles. The van der Waals surface area contributed by atoms with Crippen LogP contribution in [0.2, 0.25) is 5.15 Å². The Morgan fingerprint density at radius 1 is 1.45 bits per heavy atom. The number of aromatic nitrogens is 4. The number of hydrogen-bond donors (Lipinski definition) is 0. The molecule has 0 amide bonds. The molecular weight excluding hydrogens is 280 g/mol. The lowest BCUT2D eigenvalue weighted by Gasteiger charge is -2.14. The molecule has 1 saturated heterocycles. The number of imidazole rings is 1. The summed E-state index contributed by atoms with van der Waals surface area (Å²) < 4.78 is 13.1. The molecule has 0 radical (unpaired) electrons. The van der Waals surface area contributed by atoms with Crippen LogP contribution in [0.15, 0.2) is 12.7 Å². The summed E-state index contributed by atoms with van der Waals surface area (Å²) in [5, 5.41) is 0.348. The van der Waals surface area contributed by atoms with Gasteiger partial charge in [0.25, 0.3) is 0 Å². The van der Waals surface area contributed by atoms with Gasteiger partial charge in [-0.05, 0) is 12.8 Å². The first kappa shape index (κ1) is 13.3. The van der Waals surface area contributed by atoms with E-state index in [1.54, 1.807) is 6.33 Å². The second-order valence-electron chi connectivity index (χ2n) is 4.50. The lowest BCUT2D eigenvalue weighted by Crippen LogP contribution is -2.16. The smallest absolute Gasteiger partial charge is 0.166 e. The van der Waals surface area contributed by atoms with Gasteiger partial charge in [0.1, 0.15) is 24.7 Å². The summed E-state index contributed by atoms with van der Waals surface area (Å²) in [5.41, 5.74) is 1.27. The number of rotatable bonds is 4. The van der Waals surface area contributed by atoms with Crippen molar-refractivity contribution in [3.63, 3.8) is 0 Å². The summed E-state index contributed by atoms with van der Waals surface area (Å²) in [6, 6.07) is 0. The zero-order valence-electron chi connectivity index (χ0n) is 10.7. The van der Waals surface area contributed by atoms with Crippen LogP contribution in [-0.4, -0.2) is 38.8 Å². The SMILES string of the molecule is C#CCOCC1CCC(n2cnc3c(Cl)ncnc32)O1. The Balaban J connectivity index is 1.73. The largest absolute Gasteiger partial charge is 0.366 e. The molecule has 3 rings (SSSR count). The molecule has 2 aromatic heterocycles. The van der Waals surface area contributed by atoms with Crippen molar-refractivity contribution in [2.45, 2.75) is 25.2 Å². The highest BCUT2D eigenvalue weighted by Gasteiger charge is 2.28. The van der Waals surface area contributed by atoms with Crippen LogP contribution in [0.5, 0.6) is 0 Å². The van der Waals surface area contributed by atoms with E-state index in [-0.39, 0.29) is 12.3 Å². The predicted octanol–water partition coefficient (Wildman–Crippen LogP) is 1.81. The summed E-state index contributed by atoms with van der Waals surface area (Å²) in [5.74, 6) is 2.44. The Labute approximate surface area is 121 Å². The van der Waals surface area contributed by atoms with Crippen LogP contribution in [0.1, 0.15) is 19.1 Å². The van der Waals surface area contributed by atoms with Gasteiger partial charge in [-0.3, -0.25) is 4.57 Å². The van der Waals surface area contributed by atoms with E-state index in [0.29, 0.717) is 29.5 Å². The van der Waals surface area contributed by atoms with Gasteiger partial charge in [-0.2, -0.15) is 0 Å². The van der Waals surface area contributed by atoms with Crippen LogP contribution in [0.25, 0.3) is 11.2 Å². The highest BCUT2D eigenvalue weighted by molar-refractivity contribution is 6.33. The Bertz CT molecular complexity index is 651. The molecule has 0 saturated carbocycles. The van der Waals surface area contributed by atoms with Crippen molar-refractivity contribution in [2.75, 3.05) is 13.2 Å². The molecule has 7 heteroatoms. The van der Waals surface area contributed by atoms with E-state index < -0.39 is 0 Å². The minimum atomic E-state index is -0.106. The Morgan fingerprint density at radius 3 is 3.20 bits per heavy atom. The van der Waals surface area contributed by atoms with E-state index in [0.717, 1.165) is 12.8 Å². The summed E-state index contributed by atoms with van der Waals surface area (Å²) in [6.07, 6.45) is 9.96. The molecule has 104 valence electrons. The fraction of sp³-hybridized carbons (Fsp3) is 0.462. The molecule has 6 nitrogen and oxygen atoms in total. The van der Waals surface area contributed by atoms with Crippen molar-refractivity contribution in [3.05, 3.63) is 17.8 Å². The fourth-order valence-electron chi connectivity index (χ4n) is 2.30. The van der Waals surface area contributed by atoms with Crippen molar-refractivity contribution in [2.24, 2.45) is 0 Å². The number of halogens is 1. The summed E-state index contributed by atoms with van der Waals surface area (Å²) in [6.45, 7) is 0.810. The van der Waals surface area contributed by atoms with Crippen LogP contribution in [-0.2, 0) is 9.47 Å². The van der Waals surface area contributed by atoms with E-state index in [1.165, 1.54) is 6.33 Å². The van der Waals surface area contributed by atoms with Gasteiger partial charge in [-0.25, -0.2) is 15.0 Å². The van der Waals surface area contributed by atoms with Gasteiger partial charge in [-0.1, -0.05) is 17.5 Å². The zero-order valence-corrected chi connectivity index (χ0v) is 11.5. The first-order chi connectivity index (χ1) is 9.79. The van der Waals surface area contributed by atoms with Gasteiger partial charge < -0.3 is 9.47 Å². The van der Waals surface area contributed by atoms with E-state index >= 15 is 0 Å². The highest BCUT2D eigenvalue weighted by Crippen LogP contribution is 2.31. The molecule has 0 spiro atoms. The zero-order chi connectivity index (χ0) is 13.9. The van der Waals surface area contributed by atoms with E-state index in [4.69, 9.17) is 27.5 Å². The third-order valence-electron chi connectivity index (χ3n) is 3.20. The van der Waals surface area contributed by atoms with E-state index in [1.807, 2.05) is 4.57 Å². The number of hydrogen-bond acceptors (Lipinski definition) is 5. The second kappa shape index (κ2) is 5.75. The molecule has 0 bridgehead atoms. The van der Waals surface area contributed by atoms with Crippen LogP contribution in [0.3, 0.4) is 0 Å². The van der Waals surface area contributed by atoms with E-state index in [2.05, 4.69) is 20.9 Å². The first-order valence-electron chi connectivity index (χ1n) is 6.29. The topological polar surface area (TPSA) is 62.1 Å². The van der Waals surface area contributed by atoms with Crippen molar-refractivity contribution in [1.82, 2.24) is 19.5 Å². The molecule has 0 N–H and O–H groups in total. The molecule has 0 aliphatic carbocycles. The molecular formula is C13H13ClN4O2. The van der Waals surface area contributed by atoms with Gasteiger partial charge in [0.2, 0.25) is 0 Å². The molecule has 1 fully saturated rings. The molecule has 2 atom stereocenters. The number of fused-ring (bicyclic) bond motifs is 1. The molecule has 2 aromatic rings.